The molecule has 106 valence electrons. The van der Waals surface area contributed by atoms with Gasteiger partial charge in [0.25, 0.3) is 0 Å². The van der Waals surface area contributed by atoms with E-state index in [2.05, 4.69) is 30.8 Å². The lowest BCUT2D eigenvalue weighted by atomic mass is 9.92. The van der Waals surface area contributed by atoms with Crippen LogP contribution >= 0.6 is 0 Å². The third-order valence-corrected chi connectivity index (χ3v) is 2.65. The molecule has 0 bridgehead atoms. The summed E-state index contributed by atoms with van der Waals surface area (Å²) < 4.78 is 31.4. The van der Waals surface area contributed by atoms with E-state index in [9.17, 15) is 13.6 Å². The molecule has 1 rings (SSSR count). The van der Waals surface area contributed by atoms with Crippen LogP contribution in [-0.4, -0.2) is 19.6 Å². The molecule has 0 saturated heterocycles. The van der Waals surface area contributed by atoms with Gasteiger partial charge in [-0.15, -0.1) is 0 Å². The fourth-order valence-electron chi connectivity index (χ4n) is 1.52. The molecule has 0 saturated carbocycles. The van der Waals surface area contributed by atoms with Crippen molar-refractivity contribution in [3.63, 3.8) is 0 Å². The molecular formula is C14H19F2NO2. The lowest BCUT2D eigenvalue weighted by Crippen LogP contribution is -2.14. The maximum Gasteiger partial charge on any atom is 0.340 e. The molecule has 19 heavy (non-hydrogen) atoms. The molecule has 0 amide bonds. The second kappa shape index (κ2) is 5.99. The number of ether oxygens (including phenoxy) is 1. The van der Waals surface area contributed by atoms with E-state index in [-0.39, 0.29) is 16.7 Å². The maximum atomic E-state index is 13.6. The van der Waals surface area contributed by atoms with Crippen LogP contribution < -0.4 is 5.32 Å². The molecular weight excluding hydrogens is 252 g/mol. The van der Waals surface area contributed by atoms with Gasteiger partial charge in [-0.2, -0.15) is 0 Å². The Morgan fingerprint density at radius 2 is 1.89 bits per heavy atom. The van der Waals surface area contributed by atoms with Gasteiger partial charge in [0, 0.05) is 12.6 Å². The Hall–Kier alpha value is -1.65. The van der Waals surface area contributed by atoms with Gasteiger partial charge in [-0.1, -0.05) is 20.8 Å². The lowest BCUT2D eigenvalue weighted by Gasteiger charge is -2.19. The lowest BCUT2D eigenvalue weighted by molar-refractivity contribution is 0.0595. The molecule has 0 aliphatic heterocycles. The van der Waals surface area contributed by atoms with Crippen LogP contribution in [0.3, 0.4) is 0 Å². The van der Waals surface area contributed by atoms with Gasteiger partial charge in [-0.3, -0.25) is 0 Å². The molecule has 0 heterocycles. The number of hydrogen-bond donors (Lipinski definition) is 1. The number of carbonyl (C=O) groups excluding carboxylic acids is 1. The zero-order valence-electron chi connectivity index (χ0n) is 11.6. The van der Waals surface area contributed by atoms with Gasteiger partial charge in [0.05, 0.1) is 18.4 Å². The third-order valence-electron chi connectivity index (χ3n) is 2.65. The van der Waals surface area contributed by atoms with Crippen molar-refractivity contribution < 1.29 is 18.3 Å². The molecule has 0 spiro atoms. The van der Waals surface area contributed by atoms with Crippen molar-refractivity contribution in [1.82, 2.24) is 0 Å². The van der Waals surface area contributed by atoms with E-state index < -0.39 is 17.6 Å². The number of rotatable bonds is 4. The molecule has 1 aromatic rings. The van der Waals surface area contributed by atoms with Crippen LogP contribution in [-0.2, 0) is 4.74 Å². The number of nitrogens with one attached hydrogen (secondary N) is 1. The number of benzene rings is 1. The molecule has 0 aliphatic carbocycles. The zero-order valence-corrected chi connectivity index (χ0v) is 11.6. The predicted octanol–water partition coefficient (Wildman–Crippen LogP) is 3.60. The van der Waals surface area contributed by atoms with Crippen molar-refractivity contribution in [2.45, 2.75) is 27.2 Å². The molecule has 1 aromatic carbocycles. The standard InChI is InChI=1S/C14H19F2NO2/c1-14(2,3)5-6-17-12-7-9(13(18)19-4)10(15)8-11(12)16/h7-8,17H,5-6H2,1-4H3. The molecule has 3 nitrogen and oxygen atoms in total. The maximum absolute atomic E-state index is 13.6. The van der Waals surface area contributed by atoms with Gasteiger partial charge < -0.3 is 10.1 Å². The van der Waals surface area contributed by atoms with Gasteiger partial charge in [0.15, 0.2) is 0 Å². The first-order chi connectivity index (χ1) is 8.74. The first-order valence-corrected chi connectivity index (χ1v) is 6.06. The second-order valence-electron chi connectivity index (χ2n) is 5.54. The number of halogens is 2. The fourth-order valence-corrected chi connectivity index (χ4v) is 1.52. The Morgan fingerprint density at radius 3 is 2.42 bits per heavy atom. The normalized spacial score (nSPS) is 11.3. The van der Waals surface area contributed by atoms with Crippen LogP contribution in [0.15, 0.2) is 12.1 Å². The molecule has 0 aliphatic rings. The van der Waals surface area contributed by atoms with Gasteiger partial charge in [-0.25, -0.2) is 13.6 Å². The van der Waals surface area contributed by atoms with Crippen LogP contribution in [0.5, 0.6) is 0 Å². The summed E-state index contributed by atoms with van der Waals surface area (Å²) in [5.41, 5.74) is -0.0671. The number of carbonyl (C=O) groups is 1. The number of hydrogen-bond acceptors (Lipinski definition) is 3. The Bertz CT molecular complexity index is 467. The molecule has 5 heteroatoms. The highest BCUT2D eigenvalue weighted by molar-refractivity contribution is 5.90. The van der Waals surface area contributed by atoms with E-state index in [1.54, 1.807) is 0 Å². The highest BCUT2D eigenvalue weighted by atomic mass is 19.1. The van der Waals surface area contributed by atoms with E-state index in [1.807, 2.05) is 0 Å². The van der Waals surface area contributed by atoms with E-state index in [0.717, 1.165) is 19.6 Å². The van der Waals surface area contributed by atoms with E-state index in [4.69, 9.17) is 0 Å². The minimum atomic E-state index is -0.925. The Morgan fingerprint density at radius 1 is 1.26 bits per heavy atom. The summed E-state index contributed by atoms with van der Waals surface area (Å²) in [6.07, 6.45) is 0.817. The third kappa shape index (κ3) is 4.50. The average Bonchev–Trinajstić information content (AvgIpc) is 2.29. The molecule has 0 atom stereocenters. The van der Waals surface area contributed by atoms with Crippen molar-refractivity contribution in [3.05, 3.63) is 29.3 Å². The van der Waals surface area contributed by atoms with Crippen molar-refractivity contribution in [1.29, 1.82) is 0 Å². The minimum absolute atomic E-state index is 0.103. The zero-order chi connectivity index (χ0) is 14.6. The average molecular weight is 271 g/mol. The van der Waals surface area contributed by atoms with Gasteiger partial charge >= 0.3 is 5.97 Å². The Kier molecular flexibility index (Phi) is 4.86. The van der Waals surface area contributed by atoms with Crippen LogP contribution in [0.4, 0.5) is 14.5 Å². The van der Waals surface area contributed by atoms with Crippen LogP contribution in [0, 0.1) is 17.0 Å². The molecule has 1 N–H and O–H groups in total. The fraction of sp³-hybridized carbons (Fsp3) is 0.500. The summed E-state index contributed by atoms with van der Waals surface area (Å²) in [5, 5.41) is 2.87. The molecule has 0 aromatic heterocycles. The number of methoxy groups -OCH3 is 1. The Labute approximate surface area is 112 Å². The van der Waals surface area contributed by atoms with Gasteiger partial charge in [-0.05, 0) is 17.9 Å². The van der Waals surface area contributed by atoms with Crippen molar-refractivity contribution >= 4 is 11.7 Å². The molecule has 0 fully saturated rings. The van der Waals surface area contributed by atoms with Crippen molar-refractivity contribution in [3.8, 4) is 0 Å². The Balaban J connectivity index is 2.86. The minimum Gasteiger partial charge on any atom is -0.465 e. The van der Waals surface area contributed by atoms with Gasteiger partial charge in [0.2, 0.25) is 0 Å². The largest absolute Gasteiger partial charge is 0.465 e. The predicted molar refractivity (Wildman–Crippen MR) is 70.3 cm³/mol. The topological polar surface area (TPSA) is 38.3 Å². The van der Waals surface area contributed by atoms with Gasteiger partial charge in [0.1, 0.15) is 11.6 Å². The van der Waals surface area contributed by atoms with Crippen LogP contribution in [0.1, 0.15) is 37.6 Å². The number of esters is 1. The summed E-state index contributed by atoms with van der Waals surface area (Å²) in [7, 11) is 1.15. The quantitative estimate of drug-likeness (QED) is 0.850. The number of anilines is 1. The SMILES string of the molecule is COC(=O)c1cc(NCCC(C)(C)C)c(F)cc1F. The monoisotopic (exact) mass is 271 g/mol. The molecule has 0 radical (unpaired) electrons. The summed E-state index contributed by atoms with van der Waals surface area (Å²) in [6, 6.07) is 1.82. The summed E-state index contributed by atoms with van der Waals surface area (Å²) in [5.74, 6) is -2.47. The highest BCUT2D eigenvalue weighted by Crippen LogP contribution is 2.22. The second-order valence-corrected chi connectivity index (χ2v) is 5.54. The first kappa shape index (κ1) is 15.4. The van der Waals surface area contributed by atoms with E-state index in [1.165, 1.54) is 0 Å². The van der Waals surface area contributed by atoms with Crippen LogP contribution in [0.2, 0.25) is 0 Å². The first-order valence-electron chi connectivity index (χ1n) is 6.06. The van der Waals surface area contributed by atoms with E-state index in [0.29, 0.717) is 12.6 Å². The molecule has 0 unspecified atom stereocenters. The smallest absolute Gasteiger partial charge is 0.340 e. The summed E-state index contributed by atoms with van der Waals surface area (Å²) in [4.78, 5) is 11.3. The van der Waals surface area contributed by atoms with Crippen molar-refractivity contribution in [2.24, 2.45) is 5.41 Å². The van der Waals surface area contributed by atoms with Crippen molar-refractivity contribution in [2.75, 3.05) is 19.0 Å². The summed E-state index contributed by atoms with van der Waals surface area (Å²) in [6.45, 7) is 6.73. The van der Waals surface area contributed by atoms with E-state index >= 15 is 0 Å². The highest BCUT2D eigenvalue weighted by Gasteiger charge is 2.17. The van der Waals surface area contributed by atoms with Crippen LogP contribution in [0.25, 0.3) is 0 Å². The summed E-state index contributed by atoms with van der Waals surface area (Å²) >= 11 is 0.